The summed E-state index contributed by atoms with van der Waals surface area (Å²) in [5.74, 6) is -0.00748. The molecule has 22 heavy (non-hydrogen) atoms. The van der Waals surface area contributed by atoms with Gasteiger partial charge < -0.3 is 5.32 Å². The standard InChI is InChI=1S/C12H7ClN6O2S/c13-10-9(19(20)21)11(16-6-15-10)18-12-17-8(5-22-12)7-3-1-2-4-14-7/h1-6H,(H,15,16,17,18). The average molecular weight is 335 g/mol. The first kappa shape index (κ1) is 14.3. The summed E-state index contributed by atoms with van der Waals surface area (Å²) in [6, 6.07) is 5.48. The number of pyridine rings is 1. The summed E-state index contributed by atoms with van der Waals surface area (Å²) < 4.78 is 0. The zero-order chi connectivity index (χ0) is 15.5. The van der Waals surface area contributed by atoms with Crippen molar-refractivity contribution in [1.29, 1.82) is 0 Å². The molecular weight excluding hydrogens is 328 g/mol. The fraction of sp³-hybridized carbons (Fsp3) is 0. The molecule has 3 rings (SSSR count). The molecule has 0 saturated heterocycles. The molecule has 0 spiro atoms. The van der Waals surface area contributed by atoms with Gasteiger partial charge in [-0.05, 0) is 12.1 Å². The molecule has 3 aromatic rings. The zero-order valence-electron chi connectivity index (χ0n) is 10.8. The highest BCUT2D eigenvalue weighted by atomic mass is 35.5. The van der Waals surface area contributed by atoms with Gasteiger partial charge in [0.25, 0.3) is 0 Å². The van der Waals surface area contributed by atoms with Crippen molar-refractivity contribution in [3.63, 3.8) is 0 Å². The van der Waals surface area contributed by atoms with Crippen LogP contribution in [-0.4, -0.2) is 24.9 Å². The van der Waals surface area contributed by atoms with Crippen molar-refractivity contribution < 1.29 is 4.92 Å². The molecule has 0 aliphatic heterocycles. The fourth-order valence-electron chi connectivity index (χ4n) is 1.67. The molecular formula is C12H7ClN6O2S. The maximum Gasteiger partial charge on any atom is 0.348 e. The summed E-state index contributed by atoms with van der Waals surface area (Å²) in [7, 11) is 0. The van der Waals surface area contributed by atoms with Gasteiger partial charge in [0.05, 0.1) is 10.6 Å². The van der Waals surface area contributed by atoms with Gasteiger partial charge in [0.1, 0.15) is 12.0 Å². The first-order chi connectivity index (χ1) is 10.6. The number of hydrogen-bond acceptors (Lipinski definition) is 8. The normalized spacial score (nSPS) is 10.4. The molecule has 1 N–H and O–H groups in total. The van der Waals surface area contributed by atoms with Crippen molar-refractivity contribution in [2.45, 2.75) is 0 Å². The molecule has 0 radical (unpaired) electrons. The molecule has 0 aliphatic rings. The van der Waals surface area contributed by atoms with E-state index in [1.807, 2.05) is 12.1 Å². The molecule has 8 nitrogen and oxygen atoms in total. The smallest absolute Gasteiger partial charge is 0.310 e. The van der Waals surface area contributed by atoms with E-state index in [1.54, 1.807) is 17.6 Å². The van der Waals surface area contributed by atoms with Crippen LogP contribution in [0.15, 0.2) is 36.1 Å². The number of rotatable bonds is 4. The van der Waals surface area contributed by atoms with Crippen LogP contribution in [0.1, 0.15) is 0 Å². The fourth-order valence-corrected chi connectivity index (χ4v) is 2.58. The molecule has 0 unspecified atom stereocenters. The molecule has 0 bridgehead atoms. The lowest BCUT2D eigenvalue weighted by molar-refractivity contribution is -0.384. The van der Waals surface area contributed by atoms with Gasteiger partial charge in [-0.2, -0.15) is 0 Å². The average Bonchev–Trinajstić information content (AvgIpc) is 2.96. The predicted octanol–water partition coefficient (Wildman–Crippen LogP) is 3.30. The van der Waals surface area contributed by atoms with E-state index < -0.39 is 10.6 Å². The second-order valence-electron chi connectivity index (χ2n) is 4.00. The molecule has 3 aromatic heterocycles. The molecule has 0 fully saturated rings. The van der Waals surface area contributed by atoms with Crippen LogP contribution in [0.2, 0.25) is 5.15 Å². The molecule has 0 aliphatic carbocycles. The number of nitro groups is 1. The topological polar surface area (TPSA) is 107 Å². The highest BCUT2D eigenvalue weighted by molar-refractivity contribution is 7.14. The van der Waals surface area contributed by atoms with Gasteiger partial charge in [-0.15, -0.1) is 11.3 Å². The first-order valence-corrected chi connectivity index (χ1v) is 7.20. The molecule has 0 aromatic carbocycles. The highest BCUT2D eigenvalue weighted by Gasteiger charge is 2.22. The van der Waals surface area contributed by atoms with Crippen LogP contribution < -0.4 is 5.32 Å². The lowest BCUT2D eigenvalue weighted by atomic mass is 10.3. The van der Waals surface area contributed by atoms with E-state index in [2.05, 4.69) is 25.3 Å². The van der Waals surface area contributed by atoms with Crippen molar-refractivity contribution in [1.82, 2.24) is 19.9 Å². The van der Waals surface area contributed by atoms with E-state index in [9.17, 15) is 10.1 Å². The van der Waals surface area contributed by atoms with Crippen LogP contribution in [0.4, 0.5) is 16.6 Å². The van der Waals surface area contributed by atoms with Gasteiger partial charge in [0, 0.05) is 11.6 Å². The Bertz CT molecular complexity index is 825. The molecule has 0 atom stereocenters. The largest absolute Gasteiger partial charge is 0.348 e. The van der Waals surface area contributed by atoms with Gasteiger partial charge in [-0.3, -0.25) is 15.1 Å². The van der Waals surface area contributed by atoms with Gasteiger partial charge in [0.15, 0.2) is 5.13 Å². The number of anilines is 2. The highest BCUT2D eigenvalue weighted by Crippen LogP contribution is 2.32. The lowest BCUT2D eigenvalue weighted by Crippen LogP contribution is -2.01. The van der Waals surface area contributed by atoms with Crippen molar-refractivity contribution in [3.05, 3.63) is 51.4 Å². The van der Waals surface area contributed by atoms with Crippen LogP contribution in [0.5, 0.6) is 0 Å². The summed E-state index contributed by atoms with van der Waals surface area (Å²) in [6.45, 7) is 0. The quantitative estimate of drug-likeness (QED) is 0.443. The van der Waals surface area contributed by atoms with Gasteiger partial charge in [-0.1, -0.05) is 17.7 Å². The van der Waals surface area contributed by atoms with Crippen molar-refractivity contribution in [2.24, 2.45) is 0 Å². The third kappa shape index (κ3) is 2.85. The minimum atomic E-state index is -0.641. The summed E-state index contributed by atoms with van der Waals surface area (Å²) in [5.41, 5.74) is 0.983. The number of nitrogens with zero attached hydrogens (tertiary/aromatic N) is 5. The van der Waals surface area contributed by atoms with E-state index >= 15 is 0 Å². The Morgan fingerprint density at radius 2 is 2.09 bits per heavy atom. The van der Waals surface area contributed by atoms with Crippen LogP contribution in [0.25, 0.3) is 11.4 Å². The summed E-state index contributed by atoms with van der Waals surface area (Å²) in [4.78, 5) is 26.3. The Balaban J connectivity index is 1.91. The minimum absolute atomic E-state index is 0.00748. The molecule has 3 heterocycles. The second kappa shape index (κ2) is 6.00. The monoisotopic (exact) mass is 334 g/mol. The van der Waals surface area contributed by atoms with Crippen LogP contribution >= 0.6 is 22.9 Å². The third-order valence-corrected chi connectivity index (χ3v) is 3.65. The Kier molecular flexibility index (Phi) is 3.90. The van der Waals surface area contributed by atoms with Gasteiger partial charge in [0.2, 0.25) is 11.0 Å². The van der Waals surface area contributed by atoms with Crippen molar-refractivity contribution in [3.8, 4) is 11.4 Å². The molecule has 0 saturated carbocycles. The molecule has 0 amide bonds. The van der Waals surface area contributed by atoms with E-state index in [0.717, 1.165) is 6.33 Å². The zero-order valence-corrected chi connectivity index (χ0v) is 12.4. The summed E-state index contributed by atoms with van der Waals surface area (Å²) in [5, 5.41) is 15.8. The lowest BCUT2D eigenvalue weighted by Gasteiger charge is -2.02. The number of hydrogen-bond donors (Lipinski definition) is 1. The van der Waals surface area contributed by atoms with Crippen molar-refractivity contribution >= 4 is 39.6 Å². The van der Waals surface area contributed by atoms with E-state index in [-0.39, 0.29) is 11.0 Å². The number of nitrogens with one attached hydrogen (secondary N) is 1. The molecule has 110 valence electrons. The SMILES string of the molecule is O=[N+]([O-])c1c(Cl)ncnc1Nc1nc(-c2ccccn2)cs1. The Hall–Kier alpha value is -2.65. The van der Waals surface area contributed by atoms with Gasteiger partial charge >= 0.3 is 5.69 Å². The van der Waals surface area contributed by atoms with E-state index in [1.165, 1.54) is 11.3 Å². The summed E-state index contributed by atoms with van der Waals surface area (Å²) >= 11 is 7.01. The predicted molar refractivity (Wildman–Crippen MR) is 82.3 cm³/mol. The maximum atomic E-state index is 11.0. The van der Waals surface area contributed by atoms with Gasteiger partial charge in [-0.25, -0.2) is 15.0 Å². The number of aromatic nitrogens is 4. The Morgan fingerprint density at radius 3 is 2.82 bits per heavy atom. The Morgan fingerprint density at radius 1 is 1.23 bits per heavy atom. The van der Waals surface area contributed by atoms with Crippen LogP contribution in [-0.2, 0) is 0 Å². The first-order valence-electron chi connectivity index (χ1n) is 5.94. The maximum absolute atomic E-state index is 11.0. The number of thiazole rings is 1. The minimum Gasteiger partial charge on any atom is -0.310 e. The van der Waals surface area contributed by atoms with Crippen LogP contribution in [0, 0.1) is 10.1 Å². The van der Waals surface area contributed by atoms with E-state index in [4.69, 9.17) is 11.6 Å². The Labute approximate surface area is 133 Å². The van der Waals surface area contributed by atoms with Crippen LogP contribution in [0.3, 0.4) is 0 Å². The number of halogens is 1. The third-order valence-electron chi connectivity index (χ3n) is 2.62. The van der Waals surface area contributed by atoms with E-state index in [0.29, 0.717) is 16.5 Å². The summed E-state index contributed by atoms with van der Waals surface area (Å²) in [6.07, 6.45) is 2.81. The molecule has 10 heteroatoms. The van der Waals surface area contributed by atoms with Crippen molar-refractivity contribution in [2.75, 3.05) is 5.32 Å². The second-order valence-corrected chi connectivity index (χ2v) is 5.21.